The molecule has 1 heterocycles. The van der Waals surface area contributed by atoms with Crippen molar-refractivity contribution in [1.29, 1.82) is 0 Å². The van der Waals surface area contributed by atoms with Crippen LogP contribution in [0, 0.1) is 0 Å². The van der Waals surface area contributed by atoms with Crippen molar-refractivity contribution in [2.45, 2.75) is 49.6 Å². The summed E-state index contributed by atoms with van der Waals surface area (Å²) in [6, 6.07) is 11.6. The molecular weight excluding hydrogens is 450 g/mol. The van der Waals surface area contributed by atoms with E-state index in [1.54, 1.807) is 36.4 Å². The molecule has 7 nitrogen and oxygen atoms in total. The number of carbonyl (C=O) groups is 2. The topological polar surface area (TPSA) is 95.9 Å². The number of benzene rings is 2. The molecule has 2 aromatic rings. The molecule has 32 heavy (non-hydrogen) atoms. The van der Waals surface area contributed by atoms with Crippen molar-refractivity contribution in [1.82, 2.24) is 0 Å². The quantitative estimate of drug-likeness (QED) is 0.719. The van der Waals surface area contributed by atoms with E-state index in [1.165, 1.54) is 17.9 Å². The summed E-state index contributed by atoms with van der Waals surface area (Å²) in [5.41, 5.74) is 0.437. The highest BCUT2D eigenvalue weighted by Gasteiger charge is 2.49. The van der Waals surface area contributed by atoms with E-state index >= 15 is 0 Å². The Morgan fingerprint density at radius 3 is 2.34 bits per heavy atom. The number of nitrogens with one attached hydrogen (secondary N) is 1. The Morgan fingerprint density at radius 1 is 1.09 bits per heavy atom. The second kappa shape index (κ2) is 8.33. The molecule has 0 bridgehead atoms. The summed E-state index contributed by atoms with van der Waals surface area (Å²) in [7, 11) is -3.79. The van der Waals surface area contributed by atoms with Crippen LogP contribution in [-0.4, -0.2) is 37.9 Å². The van der Waals surface area contributed by atoms with Crippen LogP contribution >= 0.6 is 11.6 Å². The summed E-state index contributed by atoms with van der Waals surface area (Å²) in [5, 5.41) is 3.14. The minimum Gasteiger partial charge on any atom is -0.325 e. The van der Waals surface area contributed by atoms with Gasteiger partial charge in [-0.1, -0.05) is 36.2 Å². The molecule has 0 atom stereocenters. The van der Waals surface area contributed by atoms with Gasteiger partial charge in [-0.2, -0.15) is 0 Å². The summed E-state index contributed by atoms with van der Waals surface area (Å²) in [6.07, 6.45) is 5.11. The molecule has 0 radical (unpaired) electrons. The zero-order chi connectivity index (χ0) is 23.1. The van der Waals surface area contributed by atoms with E-state index in [0.29, 0.717) is 23.4 Å². The zero-order valence-electron chi connectivity index (χ0n) is 17.9. The van der Waals surface area contributed by atoms with Gasteiger partial charge in [-0.05, 0) is 49.9 Å². The van der Waals surface area contributed by atoms with Gasteiger partial charge in [-0.25, -0.2) is 8.42 Å². The molecule has 1 aliphatic heterocycles. The van der Waals surface area contributed by atoms with Gasteiger partial charge in [0.05, 0.1) is 11.4 Å². The normalized spacial score (nSPS) is 18.0. The number of aliphatic imine (C=N–C) groups is 1. The van der Waals surface area contributed by atoms with E-state index in [9.17, 15) is 18.0 Å². The molecule has 2 amide bonds. The number of carbonyl (C=O) groups excluding carboxylic acids is 2. The average molecular weight is 474 g/mol. The predicted octanol–water partition coefficient (Wildman–Crippen LogP) is 4.20. The van der Waals surface area contributed by atoms with Crippen molar-refractivity contribution in [3.8, 4) is 0 Å². The Hall–Kier alpha value is -2.71. The van der Waals surface area contributed by atoms with Gasteiger partial charge < -0.3 is 5.32 Å². The van der Waals surface area contributed by atoms with Gasteiger partial charge in [0.25, 0.3) is 5.91 Å². The van der Waals surface area contributed by atoms with Crippen LogP contribution in [0.25, 0.3) is 0 Å². The Kier molecular flexibility index (Phi) is 5.85. The van der Waals surface area contributed by atoms with Crippen LogP contribution in [0.15, 0.2) is 52.4 Å². The summed E-state index contributed by atoms with van der Waals surface area (Å²) < 4.78 is 25.7. The fraction of sp³-hybridized carbons (Fsp3) is 0.348. The van der Waals surface area contributed by atoms with Gasteiger partial charge in [-0.3, -0.25) is 19.5 Å². The molecule has 1 N–H and O–H groups in total. The van der Waals surface area contributed by atoms with Crippen molar-refractivity contribution >= 4 is 50.3 Å². The first-order chi connectivity index (χ1) is 15.1. The molecule has 0 aromatic heterocycles. The minimum absolute atomic E-state index is 0.0824. The Bertz CT molecular complexity index is 1220. The maximum absolute atomic E-state index is 13.8. The second-order valence-electron chi connectivity index (χ2n) is 8.26. The van der Waals surface area contributed by atoms with Crippen LogP contribution in [0.1, 0.15) is 44.6 Å². The number of hydrogen-bond acceptors (Lipinski definition) is 5. The molecule has 1 fully saturated rings. The lowest BCUT2D eigenvalue weighted by Crippen LogP contribution is -2.49. The lowest BCUT2D eigenvalue weighted by atomic mass is 9.88. The molecular formula is C23H24ClN3O4S. The first-order valence-electron chi connectivity index (χ1n) is 10.4. The fourth-order valence-corrected chi connectivity index (χ4v) is 5.75. The summed E-state index contributed by atoms with van der Waals surface area (Å²) in [6.45, 7) is 1.31. The van der Waals surface area contributed by atoms with E-state index < -0.39 is 21.4 Å². The first kappa shape index (κ1) is 22.5. The van der Waals surface area contributed by atoms with E-state index in [-0.39, 0.29) is 27.9 Å². The van der Waals surface area contributed by atoms with Gasteiger partial charge in [0, 0.05) is 23.8 Å². The summed E-state index contributed by atoms with van der Waals surface area (Å²) >= 11 is 6.01. The number of anilines is 2. The predicted molar refractivity (Wildman–Crippen MR) is 125 cm³/mol. The number of amides is 2. The summed E-state index contributed by atoms with van der Waals surface area (Å²) in [5.74, 6) is -0.760. The van der Waals surface area contributed by atoms with Crippen LogP contribution < -0.4 is 10.2 Å². The first-order valence-corrected chi connectivity index (χ1v) is 12.7. The third-order valence-corrected chi connectivity index (χ3v) is 7.25. The molecule has 1 spiro atoms. The summed E-state index contributed by atoms with van der Waals surface area (Å²) in [4.78, 5) is 31.8. The average Bonchev–Trinajstić information content (AvgIpc) is 2.99. The standard InChI is InChI=1S/C23H24ClN3O4S/c1-15(28)25-18-7-6-8-19(21(18)32(2,30)31)27-22(29)20(16-9-11-17(24)12-10-16)26-23(27)13-4-3-5-14-23/h6-12H,3-5,13-14H2,1-2H3,(H,25,28). The monoisotopic (exact) mass is 473 g/mol. The van der Waals surface area contributed by atoms with Crippen molar-refractivity contribution < 1.29 is 18.0 Å². The third-order valence-electron chi connectivity index (χ3n) is 5.83. The van der Waals surface area contributed by atoms with Gasteiger partial charge >= 0.3 is 0 Å². The number of rotatable bonds is 4. The van der Waals surface area contributed by atoms with Crippen molar-refractivity contribution in [3.63, 3.8) is 0 Å². The molecule has 4 rings (SSSR count). The second-order valence-corrected chi connectivity index (χ2v) is 10.6. The van der Waals surface area contributed by atoms with Crippen molar-refractivity contribution in [2.75, 3.05) is 16.5 Å². The highest BCUT2D eigenvalue weighted by atomic mass is 35.5. The van der Waals surface area contributed by atoms with E-state index in [2.05, 4.69) is 5.32 Å². The van der Waals surface area contributed by atoms with Crippen molar-refractivity contribution in [3.05, 3.63) is 53.1 Å². The highest BCUT2D eigenvalue weighted by molar-refractivity contribution is 7.91. The van der Waals surface area contributed by atoms with E-state index in [1.807, 2.05) is 0 Å². The van der Waals surface area contributed by atoms with Gasteiger partial charge in [0.1, 0.15) is 16.3 Å². The number of halogens is 1. The molecule has 1 aliphatic carbocycles. The number of hydrogen-bond donors (Lipinski definition) is 1. The molecule has 0 unspecified atom stereocenters. The Labute approximate surface area is 192 Å². The van der Waals surface area contributed by atoms with Crippen LogP contribution in [0.3, 0.4) is 0 Å². The van der Waals surface area contributed by atoms with Gasteiger partial charge in [-0.15, -0.1) is 0 Å². The lowest BCUT2D eigenvalue weighted by Gasteiger charge is -2.40. The largest absolute Gasteiger partial charge is 0.325 e. The number of sulfone groups is 1. The molecule has 9 heteroatoms. The maximum Gasteiger partial charge on any atom is 0.279 e. The van der Waals surface area contributed by atoms with Crippen LogP contribution in [0.5, 0.6) is 0 Å². The molecule has 2 aliphatic rings. The van der Waals surface area contributed by atoms with Gasteiger partial charge in [0.2, 0.25) is 5.91 Å². The maximum atomic E-state index is 13.8. The molecule has 2 aromatic carbocycles. The van der Waals surface area contributed by atoms with E-state index in [0.717, 1.165) is 25.5 Å². The SMILES string of the molecule is CC(=O)Nc1cccc(N2C(=O)C(c3ccc(Cl)cc3)=NC23CCCCC3)c1S(C)(=O)=O. The number of nitrogens with zero attached hydrogens (tertiary/aromatic N) is 2. The van der Waals surface area contributed by atoms with Crippen LogP contribution in [0.2, 0.25) is 5.02 Å². The molecule has 1 saturated carbocycles. The zero-order valence-corrected chi connectivity index (χ0v) is 19.5. The molecule has 0 saturated heterocycles. The Balaban J connectivity index is 1.92. The fourth-order valence-electron chi connectivity index (χ4n) is 4.56. The smallest absolute Gasteiger partial charge is 0.279 e. The molecule has 168 valence electrons. The lowest BCUT2D eigenvalue weighted by molar-refractivity contribution is -0.114. The van der Waals surface area contributed by atoms with E-state index in [4.69, 9.17) is 16.6 Å². The van der Waals surface area contributed by atoms with Crippen molar-refractivity contribution in [2.24, 2.45) is 4.99 Å². The Morgan fingerprint density at radius 2 is 1.75 bits per heavy atom. The minimum atomic E-state index is -3.79. The van der Waals surface area contributed by atoms with Crippen LogP contribution in [0.4, 0.5) is 11.4 Å². The van der Waals surface area contributed by atoms with Gasteiger partial charge in [0.15, 0.2) is 9.84 Å². The van der Waals surface area contributed by atoms with Crippen LogP contribution in [-0.2, 0) is 19.4 Å². The highest BCUT2D eigenvalue weighted by Crippen LogP contribution is 2.45. The third kappa shape index (κ3) is 4.04.